The molecule has 1 rings (SSSR count). The van der Waals surface area contributed by atoms with Gasteiger partial charge < -0.3 is 4.74 Å². The van der Waals surface area contributed by atoms with Gasteiger partial charge in [-0.3, -0.25) is 9.80 Å². The van der Waals surface area contributed by atoms with Crippen LogP contribution in [0.15, 0.2) is 0 Å². The number of hydrogen-bond acceptors (Lipinski definition) is 3. The molecule has 1 aliphatic heterocycles. The minimum Gasteiger partial charge on any atom is -0.350 e. The minimum atomic E-state index is -0.139. The lowest BCUT2D eigenvalue weighted by molar-refractivity contribution is -0.191. The molecule has 0 radical (unpaired) electrons. The van der Waals surface area contributed by atoms with Crippen LogP contribution in [-0.2, 0) is 4.74 Å². The first-order valence-electron chi connectivity index (χ1n) is 4.07. The van der Waals surface area contributed by atoms with Crippen molar-refractivity contribution in [2.24, 2.45) is 0 Å². The number of nitrogens with zero attached hydrogens (tertiary/aromatic N) is 2. The second-order valence-corrected chi connectivity index (χ2v) is 3.37. The van der Waals surface area contributed by atoms with Crippen molar-refractivity contribution in [2.75, 3.05) is 34.8 Å². The van der Waals surface area contributed by atoms with Gasteiger partial charge in [0.2, 0.25) is 0 Å². The lowest BCUT2D eigenvalue weighted by atomic mass is 10.2. The van der Waals surface area contributed by atoms with Crippen LogP contribution in [0.25, 0.3) is 0 Å². The smallest absolute Gasteiger partial charge is 0.178 e. The van der Waals surface area contributed by atoms with E-state index in [4.69, 9.17) is 4.74 Å². The van der Waals surface area contributed by atoms with E-state index in [0.29, 0.717) is 0 Å². The molecule has 1 unspecified atom stereocenters. The summed E-state index contributed by atoms with van der Waals surface area (Å²) in [6.07, 6.45) is 2.33. The largest absolute Gasteiger partial charge is 0.350 e. The maximum atomic E-state index is 5.52. The first kappa shape index (κ1) is 8.97. The van der Waals surface area contributed by atoms with E-state index in [1.807, 2.05) is 0 Å². The van der Waals surface area contributed by atoms with Gasteiger partial charge in [0.1, 0.15) is 0 Å². The number of methoxy groups -OCH3 is 1. The van der Waals surface area contributed by atoms with Crippen molar-refractivity contribution in [3.63, 3.8) is 0 Å². The Kier molecular flexibility index (Phi) is 2.52. The molecule has 3 nitrogen and oxygen atoms in total. The average Bonchev–Trinajstić information content (AvgIpc) is 2.32. The molecular weight excluding hydrogens is 140 g/mol. The van der Waals surface area contributed by atoms with Gasteiger partial charge in [0.05, 0.1) is 0 Å². The van der Waals surface area contributed by atoms with E-state index in [1.165, 1.54) is 6.42 Å². The number of hydrogen-bond donors (Lipinski definition) is 0. The molecule has 0 bridgehead atoms. The van der Waals surface area contributed by atoms with Crippen molar-refractivity contribution in [1.29, 1.82) is 0 Å². The molecule has 0 aromatic carbocycles. The second kappa shape index (κ2) is 3.09. The van der Waals surface area contributed by atoms with Gasteiger partial charge in [-0.2, -0.15) is 0 Å². The Morgan fingerprint density at radius 3 is 2.27 bits per heavy atom. The zero-order valence-corrected chi connectivity index (χ0v) is 7.92. The molecule has 0 aliphatic carbocycles. The minimum absolute atomic E-state index is 0.139. The van der Waals surface area contributed by atoms with Crippen LogP contribution >= 0.6 is 0 Å². The van der Waals surface area contributed by atoms with Crippen LogP contribution in [0.2, 0.25) is 0 Å². The standard InChI is InChI=1S/C8H18N2O/c1-9(2)8(11-4)6-5-7-10(8)3/h5-7H2,1-4H3. The third kappa shape index (κ3) is 1.28. The quantitative estimate of drug-likeness (QED) is 0.547. The molecule has 66 valence electrons. The Morgan fingerprint density at radius 2 is 2.09 bits per heavy atom. The maximum absolute atomic E-state index is 5.52. The van der Waals surface area contributed by atoms with Gasteiger partial charge in [0.25, 0.3) is 0 Å². The number of rotatable bonds is 2. The molecule has 11 heavy (non-hydrogen) atoms. The van der Waals surface area contributed by atoms with E-state index in [1.54, 1.807) is 7.11 Å². The van der Waals surface area contributed by atoms with Crippen molar-refractivity contribution in [3.8, 4) is 0 Å². The predicted molar refractivity (Wildman–Crippen MR) is 45.3 cm³/mol. The van der Waals surface area contributed by atoms with Gasteiger partial charge in [-0.25, -0.2) is 0 Å². The molecule has 0 N–H and O–H groups in total. The Bertz CT molecular complexity index is 138. The van der Waals surface area contributed by atoms with Crippen LogP contribution in [0.3, 0.4) is 0 Å². The Balaban J connectivity index is 2.73. The molecule has 3 heteroatoms. The third-order valence-corrected chi connectivity index (χ3v) is 2.62. The fourth-order valence-corrected chi connectivity index (χ4v) is 1.92. The molecule has 0 amide bonds. The van der Waals surface area contributed by atoms with Gasteiger partial charge in [0.15, 0.2) is 5.85 Å². The van der Waals surface area contributed by atoms with Crippen molar-refractivity contribution < 1.29 is 4.74 Å². The highest BCUT2D eigenvalue weighted by molar-refractivity contribution is 4.82. The number of likely N-dealkylation sites (tertiary alicyclic amines) is 1. The van der Waals surface area contributed by atoms with Crippen molar-refractivity contribution in [2.45, 2.75) is 18.7 Å². The van der Waals surface area contributed by atoms with E-state index in [-0.39, 0.29) is 5.85 Å². The molecule has 1 heterocycles. The monoisotopic (exact) mass is 158 g/mol. The van der Waals surface area contributed by atoms with Gasteiger partial charge in [0, 0.05) is 20.1 Å². The molecule has 1 aliphatic rings. The molecule has 1 saturated heterocycles. The van der Waals surface area contributed by atoms with Gasteiger partial charge in [-0.1, -0.05) is 0 Å². The topological polar surface area (TPSA) is 15.7 Å². The highest BCUT2D eigenvalue weighted by Gasteiger charge is 2.40. The van der Waals surface area contributed by atoms with Crippen molar-refractivity contribution in [1.82, 2.24) is 9.80 Å². The summed E-state index contributed by atoms with van der Waals surface area (Å²) in [6, 6.07) is 0. The summed E-state index contributed by atoms with van der Waals surface area (Å²) in [5, 5.41) is 0. The van der Waals surface area contributed by atoms with Crippen molar-refractivity contribution >= 4 is 0 Å². The van der Waals surface area contributed by atoms with E-state index in [9.17, 15) is 0 Å². The van der Waals surface area contributed by atoms with Crippen LogP contribution in [0.1, 0.15) is 12.8 Å². The normalized spacial score (nSPS) is 33.5. The average molecular weight is 158 g/mol. The van der Waals surface area contributed by atoms with Gasteiger partial charge in [-0.15, -0.1) is 0 Å². The van der Waals surface area contributed by atoms with Crippen LogP contribution in [0.4, 0.5) is 0 Å². The van der Waals surface area contributed by atoms with Gasteiger partial charge in [-0.05, 0) is 27.6 Å². The molecule has 0 saturated carbocycles. The fourth-order valence-electron chi connectivity index (χ4n) is 1.92. The first-order chi connectivity index (χ1) is 5.13. The van der Waals surface area contributed by atoms with E-state index in [0.717, 1.165) is 13.0 Å². The lowest BCUT2D eigenvalue weighted by Crippen LogP contribution is -2.54. The lowest BCUT2D eigenvalue weighted by Gasteiger charge is -2.40. The van der Waals surface area contributed by atoms with Crippen LogP contribution < -0.4 is 0 Å². The Hall–Kier alpha value is -0.120. The summed E-state index contributed by atoms with van der Waals surface area (Å²) in [5.74, 6) is -0.139. The van der Waals surface area contributed by atoms with E-state index >= 15 is 0 Å². The predicted octanol–water partition coefficient (Wildman–Crippen LogP) is 0.574. The zero-order chi connectivity index (χ0) is 8.48. The summed E-state index contributed by atoms with van der Waals surface area (Å²) < 4.78 is 5.52. The maximum Gasteiger partial charge on any atom is 0.178 e. The molecular formula is C8H18N2O. The SMILES string of the molecule is COC1(N(C)C)CCCN1C. The van der Waals surface area contributed by atoms with Gasteiger partial charge >= 0.3 is 0 Å². The van der Waals surface area contributed by atoms with Crippen molar-refractivity contribution in [3.05, 3.63) is 0 Å². The second-order valence-electron chi connectivity index (χ2n) is 3.37. The molecule has 0 spiro atoms. The summed E-state index contributed by atoms with van der Waals surface area (Å²) in [7, 11) is 8.01. The molecule has 1 fully saturated rings. The van der Waals surface area contributed by atoms with E-state index < -0.39 is 0 Å². The summed E-state index contributed by atoms with van der Waals surface area (Å²) >= 11 is 0. The fraction of sp³-hybridized carbons (Fsp3) is 1.00. The zero-order valence-electron chi connectivity index (χ0n) is 7.92. The molecule has 0 aromatic rings. The van der Waals surface area contributed by atoms with Crippen LogP contribution in [-0.4, -0.2) is 50.4 Å². The Labute approximate surface area is 68.9 Å². The summed E-state index contributed by atoms with van der Waals surface area (Å²) in [4.78, 5) is 4.40. The highest BCUT2D eigenvalue weighted by atomic mass is 16.5. The summed E-state index contributed by atoms with van der Waals surface area (Å²) in [6.45, 7) is 1.13. The number of ether oxygens (including phenoxy) is 1. The summed E-state index contributed by atoms with van der Waals surface area (Å²) in [5.41, 5.74) is 0. The Morgan fingerprint density at radius 1 is 1.45 bits per heavy atom. The molecule has 1 atom stereocenters. The highest BCUT2D eigenvalue weighted by Crippen LogP contribution is 2.29. The third-order valence-electron chi connectivity index (χ3n) is 2.62. The van der Waals surface area contributed by atoms with Crippen LogP contribution in [0.5, 0.6) is 0 Å². The van der Waals surface area contributed by atoms with Crippen LogP contribution in [0, 0.1) is 0 Å². The van der Waals surface area contributed by atoms with E-state index in [2.05, 4.69) is 30.9 Å². The first-order valence-corrected chi connectivity index (χ1v) is 4.07. The molecule has 0 aromatic heterocycles.